The van der Waals surface area contributed by atoms with E-state index in [2.05, 4.69) is 9.72 Å². The molecule has 0 aliphatic carbocycles. The first-order valence-corrected chi connectivity index (χ1v) is 7.13. The fourth-order valence-electron chi connectivity index (χ4n) is 1.03. The second-order valence-electron chi connectivity index (χ2n) is 2.61. The molecule has 1 rings (SSSR count). The molecule has 0 bridgehead atoms. The highest BCUT2D eigenvalue weighted by atomic mass is 127. The van der Waals surface area contributed by atoms with Crippen molar-refractivity contribution in [3.63, 3.8) is 0 Å². The Labute approximate surface area is 109 Å². The lowest BCUT2D eigenvalue weighted by atomic mass is 10.2. The van der Waals surface area contributed by atoms with Gasteiger partial charge in [-0.1, -0.05) is 0 Å². The maximum absolute atomic E-state index is 12.6. The van der Waals surface area contributed by atoms with Crippen molar-refractivity contribution >= 4 is 42.3 Å². The first-order valence-electron chi connectivity index (χ1n) is 3.74. The van der Waals surface area contributed by atoms with Crippen LogP contribution in [0.25, 0.3) is 0 Å². The van der Waals surface area contributed by atoms with E-state index in [-0.39, 0.29) is 3.70 Å². The third kappa shape index (κ3) is 2.92. The maximum Gasteiger partial charge on any atom is 0.282 e. The Bertz CT molecular complexity index is 509. The molecule has 0 unspecified atom stereocenters. The summed E-state index contributed by atoms with van der Waals surface area (Å²) in [6, 6.07) is 1.04. The van der Waals surface area contributed by atoms with Crippen molar-refractivity contribution in [3.05, 3.63) is 15.3 Å². The zero-order chi connectivity index (χ0) is 12.5. The van der Waals surface area contributed by atoms with Crippen LogP contribution in [0.2, 0.25) is 0 Å². The van der Waals surface area contributed by atoms with Crippen molar-refractivity contribution in [2.45, 2.75) is 11.5 Å². The number of rotatable bonds is 3. The van der Waals surface area contributed by atoms with Gasteiger partial charge >= 0.3 is 0 Å². The highest BCUT2D eigenvalue weighted by molar-refractivity contribution is 14.1. The molecule has 9 heteroatoms. The standard InChI is InChI=1S/C7H5ClF2INO3S/c1-15-5-3(6(9)10)2-4(11)12-7(5)16(8,13)14/h2,6H,1H3. The van der Waals surface area contributed by atoms with Crippen LogP contribution in [0.5, 0.6) is 5.75 Å². The predicted molar refractivity (Wildman–Crippen MR) is 61.5 cm³/mol. The molecule has 90 valence electrons. The van der Waals surface area contributed by atoms with Crippen molar-refractivity contribution in [2.75, 3.05) is 7.11 Å². The molecule has 0 spiro atoms. The van der Waals surface area contributed by atoms with Crippen LogP contribution >= 0.6 is 33.3 Å². The number of alkyl halides is 2. The van der Waals surface area contributed by atoms with Crippen molar-refractivity contribution < 1.29 is 21.9 Å². The molecule has 1 aromatic rings. The van der Waals surface area contributed by atoms with Gasteiger partial charge in [-0.05, 0) is 28.7 Å². The molecule has 0 atom stereocenters. The van der Waals surface area contributed by atoms with Crippen LogP contribution in [0.15, 0.2) is 11.1 Å². The molecule has 0 fully saturated rings. The van der Waals surface area contributed by atoms with E-state index in [1.165, 1.54) is 0 Å². The fraction of sp³-hybridized carbons (Fsp3) is 0.286. The van der Waals surface area contributed by atoms with Gasteiger partial charge in [0.1, 0.15) is 3.70 Å². The van der Waals surface area contributed by atoms with Gasteiger partial charge in [-0.3, -0.25) is 0 Å². The fourth-order valence-corrected chi connectivity index (χ4v) is 2.71. The van der Waals surface area contributed by atoms with Gasteiger partial charge in [-0.15, -0.1) is 0 Å². The number of aromatic nitrogens is 1. The number of methoxy groups -OCH3 is 1. The van der Waals surface area contributed by atoms with E-state index in [0.29, 0.717) is 0 Å². The number of nitrogens with zero attached hydrogens (tertiary/aromatic N) is 1. The lowest BCUT2D eigenvalue weighted by Crippen LogP contribution is -2.05. The third-order valence-corrected chi connectivity index (χ3v) is 3.34. The number of halogens is 4. The lowest BCUT2D eigenvalue weighted by Gasteiger charge is -2.10. The molecular formula is C7H5ClF2INO3S. The molecule has 0 N–H and O–H groups in total. The quantitative estimate of drug-likeness (QED) is 0.457. The third-order valence-electron chi connectivity index (χ3n) is 1.61. The summed E-state index contributed by atoms with van der Waals surface area (Å²) >= 11 is 1.61. The highest BCUT2D eigenvalue weighted by Crippen LogP contribution is 2.35. The Kier molecular flexibility index (Phi) is 4.29. The van der Waals surface area contributed by atoms with Crippen LogP contribution in [-0.2, 0) is 9.05 Å². The Morgan fingerprint density at radius 1 is 1.56 bits per heavy atom. The molecule has 0 radical (unpaired) electrons. The zero-order valence-electron chi connectivity index (χ0n) is 7.75. The van der Waals surface area contributed by atoms with Crippen LogP contribution < -0.4 is 4.74 Å². The van der Waals surface area contributed by atoms with Gasteiger partial charge in [0, 0.05) is 10.7 Å². The average Bonchev–Trinajstić information content (AvgIpc) is 2.14. The van der Waals surface area contributed by atoms with E-state index in [0.717, 1.165) is 13.2 Å². The molecule has 1 aromatic heterocycles. The van der Waals surface area contributed by atoms with Crippen LogP contribution in [0.4, 0.5) is 8.78 Å². The van der Waals surface area contributed by atoms with E-state index < -0.39 is 31.8 Å². The second kappa shape index (κ2) is 4.96. The Balaban J connectivity index is 3.62. The summed E-state index contributed by atoms with van der Waals surface area (Å²) in [4.78, 5) is 3.57. The van der Waals surface area contributed by atoms with Gasteiger partial charge in [0.25, 0.3) is 15.5 Å². The molecular weight excluding hydrogens is 379 g/mol. The van der Waals surface area contributed by atoms with E-state index in [1.807, 2.05) is 0 Å². The topological polar surface area (TPSA) is 56.3 Å². The zero-order valence-corrected chi connectivity index (χ0v) is 11.5. The smallest absolute Gasteiger partial charge is 0.282 e. The molecule has 0 aliphatic heterocycles. The minimum atomic E-state index is -4.23. The van der Waals surface area contributed by atoms with Crippen molar-refractivity contribution in [1.29, 1.82) is 0 Å². The van der Waals surface area contributed by atoms with Gasteiger partial charge in [-0.2, -0.15) is 0 Å². The predicted octanol–water partition coefficient (Wildman–Crippen LogP) is 2.56. The van der Waals surface area contributed by atoms with Crippen LogP contribution in [0.3, 0.4) is 0 Å². The number of hydrogen-bond donors (Lipinski definition) is 0. The maximum atomic E-state index is 12.6. The first-order chi connectivity index (χ1) is 7.27. The minimum Gasteiger partial charge on any atom is -0.493 e. The molecule has 0 amide bonds. The Morgan fingerprint density at radius 2 is 2.12 bits per heavy atom. The summed E-state index contributed by atoms with van der Waals surface area (Å²) in [5.74, 6) is -0.523. The SMILES string of the molecule is COc1c(C(F)F)cc(I)nc1S(=O)(=O)Cl. The summed E-state index contributed by atoms with van der Waals surface area (Å²) in [6.07, 6.45) is -2.87. The number of ether oxygens (including phenoxy) is 1. The minimum absolute atomic E-state index is 0.0907. The molecule has 0 saturated carbocycles. The van der Waals surface area contributed by atoms with E-state index >= 15 is 0 Å². The number of hydrogen-bond acceptors (Lipinski definition) is 4. The molecule has 16 heavy (non-hydrogen) atoms. The van der Waals surface area contributed by atoms with Crippen molar-refractivity contribution in [1.82, 2.24) is 4.98 Å². The van der Waals surface area contributed by atoms with Gasteiger partial charge in [0.2, 0.25) is 5.03 Å². The van der Waals surface area contributed by atoms with Crippen LogP contribution in [0.1, 0.15) is 12.0 Å². The highest BCUT2D eigenvalue weighted by Gasteiger charge is 2.26. The molecule has 0 aromatic carbocycles. The summed E-state index contributed by atoms with van der Waals surface area (Å²) in [7, 11) is 1.92. The van der Waals surface area contributed by atoms with E-state index in [4.69, 9.17) is 10.7 Å². The molecule has 4 nitrogen and oxygen atoms in total. The number of pyridine rings is 1. The van der Waals surface area contributed by atoms with Gasteiger partial charge in [0.15, 0.2) is 5.75 Å². The van der Waals surface area contributed by atoms with Gasteiger partial charge in [-0.25, -0.2) is 22.2 Å². The summed E-state index contributed by atoms with van der Waals surface area (Å²) in [5.41, 5.74) is -0.555. The molecule has 0 saturated heterocycles. The normalized spacial score (nSPS) is 11.9. The summed E-state index contributed by atoms with van der Waals surface area (Å²) in [5, 5.41) is -0.695. The molecule has 0 aliphatic rings. The Hall–Kier alpha value is -0.220. The van der Waals surface area contributed by atoms with Gasteiger partial charge < -0.3 is 4.74 Å². The summed E-state index contributed by atoms with van der Waals surface area (Å²) in [6.45, 7) is 0. The second-order valence-corrected chi connectivity index (χ2v) is 6.20. The van der Waals surface area contributed by atoms with Crippen molar-refractivity contribution in [3.8, 4) is 5.75 Å². The summed E-state index contributed by atoms with van der Waals surface area (Å²) < 4.78 is 52.2. The Morgan fingerprint density at radius 3 is 2.50 bits per heavy atom. The van der Waals surface area contributed by atoms with E-state index in [1.54, 1.807) is 22.6 Å². The largest absolute Gasteiger partial charge is 0.493 e. The monoisotopic (exact) mass is 383 g/mol. The average molecular weight is 384 g/mol. The van der Waals surface area contributed by atoms with E-state index in [9.17, 15) is 17.2 Å². The van der Waals surface area contributed by atoms with Crippen LogP contribution in [-0.4, -0.2) is 20.5 Å². The molecule has 1 heterocycles. The van der Waals surface area contributed by atoms with Crippen LogP contribution in [0, 0.1) is 3.70 Å². The van der Waals surface area contributed by atoms with Crippen molar-refractivity contribution in [2.24, 2.45) is 0 Å². The lowest BCUT2D eigenvalue weighted by molar-refractivity contribution is 0.146. The van der Waals surface area contributed by atoms with Gasteiger partial charge in [0.05, 0.1) is 12.7 Å². The first kappa shape index (κ1) is 13.8.